The average Bonchev–Trinajstić information content (AvgIpc) is 2.34. The van der Waals surface area contributed by atoms with Gasteiger partial charge in [0.2, 0.25) is 0 Å². The van der Waals surface area contributed by atoms with Crippen LogP contribution in [0, 0.1) is 0 Å². The maximum absolute atomic E-state index is 9.02. The van der Waals surface area contributed by atoms with Crippen LogP contribution in [0.5, 0.6) is 0 Å². The topological polar surface area (TPSA) is 49.7 Å². The molecule has 3 nitrogen and oxygen atoms in total. The number of aliphatic hydroxyl groups is 2. The van der Waals surface area contributed by atoms with Gasteiger partial charge in [-0.2, -0.15) is 0 Å². The smallest absolute Gasteiger partial charge is 0.183 e. The Balaban J connectivity index is 3.01. The largest absolute Gasteiger partial charge is 0.376 e. The Bertz CT molecular complexity index is 197. The van der Waals surface area contributed by atoms with Crippen molar-refractivity contribution in [3.8, 4) is 0 Å². The third kappa shape index (κ3) is 17.6. The van der Waals surface area contributed by atoms with Gasteiger partial charge in [-0.25, -0.2) is 0 Å². The predicted molar refractivity (Wildman–Crippen MR) is 80.0 cm³/mol. The molecule has 0 aliphatic heterocycles. The molecule has 0 aromatic heterocycles. The molecular weight excluding hydrogens is 240 g/mol. The van der Waals surface area contributed by atoms with Crippen LogP contribution in [0.2, 0.25) is 0 Å². The van der Waals surface area contributed by atoms with E-state index in [2.05, 4.69) is 6.58 Å². The van der Waals surface area contributed by atoms with Crippen LogP contribution in [0.3, 0.4) is 0 Å². The lowest BCUT2D eigenvalue weighted by Gasteiger charge is -2.15. The zero-order valence-corrected chi connectivity index (χ0v) is 12.6. The molecule has 0 aliphatic rings. The van der Waals surface area contributed by atoms with Crippen LogP contribution in [0.1, 0.15) is 71.1 Å². The van der Waals surface area contributed by atoms with Gasteiger partial charge in [-0.3, -0.25) is 0 Å². The maximum atomic E-state index is 9.02. The highest BCUT2D eigenvalue weighted by atomic mass is 16.6. The van der Waals surface area contributed by atoms with Gasteiger partial charge in [0, 0.05) is 6.61 Å². The van der Waals surface area contributed by atoms with E-state index in [0.717, 1.165) is 12.8 Å². The molecule has 0 saturated heterocycles. The highest BCUT2D eigenvalue weighted by Gasteiger charge is 2.13. The second-order valence-corrected chi connectivity index (χ2v) is 5.53. The molecule has 0 spiro atoms. The number of hydrogen-bond acceptors (Lipinski definition) is 3. The van der Waals surface area contributed by atoms with E-state index >= 15 is 0 Å². The normalized spacial score (nSPS) is 11.7. The molecule has 2 N–H and O–H groups in total. The Labute approximate surface area is 118 Å². The SMILES string of the molecule is C=CCCCCCCCCCCCOCC(C)(O)O. The summed E-state index contributed by atoms with van der Waals surface area (Å²) in [6.45, 7) is 5.68. The highest BCUT2D eigenvalue weighted by molar-refractivity contribution is 4.65. The lowest BCUT2D eigenvalue weighted by Crippen LogP contribution is -2.29. The summed E-state index contributed by atoms with van der Waals surface area (Å²) < 4.78 is 5.17. The van der Waals surface area contributed by atoms with Crippen LogP contribution < -0.4 is 0 Å². The van der Waals surface area contributed by atoms with Gasteiger partial charge >= 0.3 is 0 Å². The first-order valence-electron chi connectivity index (χ1n) is 7.69. The molecule has 0 fully saturated rings. The maximum Gasteiger partial charge on any atom is 0.183 e. The van der Waals surface area contributed by atoms with Crippen molar-refractivity contribution in [2.24, 2.45) is 0 Å². The molecule has 0 aliphatic carbocycles. The van der Waals surface area contributed by atoms with E-state index < -0.39 is 5.79 Å². The number of unbranched alkanes of at least 4 members (excludes halogenated alkanes) is 9. The van der Waals surface area contributed by atoms with Gasteiger partial charge in [-0.1, -0.05) is 51.0 Å². The summed E-state index contributed by atoms with van der Waals surface area (Å²) in [6, 6.07) is 0. The second-order valence-electron chi connectivity index (χ2n) is 5.53. The summed E-state index contributed by atoms with van der Waals surface area (Å²) in [4.78, 5) is 0. The molecule has 114 valence electrons. The van der Waals surface area contributed by atoms with Gasteiger partial charge in [0.25, 0.3) is 0 Å². The van der Waals surface area contributed by atoms with Crippen molar-refractivity contribution in [1.82, 2.24) is 0 Å². The quantitative estimate of drug-likeness (QED) is 0.287. The highest BCUT2D eigenvalue weighted by Crippen LogP contribution is 2.10. The number of rotatable bonds is 14. The van der Waals surface area contributed by atoms with Crippen molar-refractivity contribution < 1.29 is 14.9 Å². The Morgan fingerprint density at radius 2 is 1.37 bits per heavy atom. The van der Waals surface area contributed by atoms with E-state index in [4.69, 9.17) is 14.9 Å². The monoisotopic (exact) mass is 272 g/mol. The molecule has 0 aromatic carbocycles. The molecule has 0 bridgehead atoms. The fraction of sp³-hybridized carbons (Fsp3) is 0.875. The third-order valence-corrected chi connectivity index (χ3v) is 3.07. The number of allylic oxidation sites excluding steroid dienone is 1. The van der Waals surface area contributed by atoms with Crippen molar-refractivity contribution >= 4 is 0 Å². The van der Waals surface area contributed by atoms with Crippen LogP contribution in [0.25, 0.3) is 0 Å². The van der Waals surface area contributed by atoms with Gasteiger partial charge in [-0.15, -0.1) is 6.58 Å². The van der Waals surface area contributed by atoms with E-state index in [1.165, 1.54) is 58.3 Å². The van der Waals surface area contributed by atoms with Crippen LogP contribution in [0.15, 0.2) is 12.7 Å². The molecule has 0 rings (SSSR count). The molecular formula is C16H32O3. The van der Waals surface area contributed by atoms with Crippen LogP contribution in [-0.2, 0) is 4.74 Å². The summed E-state index contributed by atoms with van der Waals surface area (Å²) in [5.74, 6) is -1.69. The third-order valence-electron chi connectivity index (χ3n) is 3.07. The average molecular weight is 272 g/mol. The molecule has 19 heavy (non-hydrogen) atoms. The summed E-state index contributed by atoms with van der Waals surface area (Å²) in [7, 11) is 0. The predicted octanol–water partition coefficient (Wildman–Crippen LogP) is 3.79. The first kappa shape index (κ1) is 18.6. The molecule has 0 amide bonds. The first-order chi connectivity index (χ1) is 9.06. The van der Waals surface area contributed by atoms with E-state index in [0.29, 0.717) is 6.61 Å². The van der Waals surface area contributed by atoms with Crippen LogP contribution in [0.4, 0.5) is 0 Å². The van der Waals surface area contributed by atoms with Crippen molar-refractivity contribution in [3.63, 3.8) is 0 Å². The fourth-order valence-electron chi connectivity index (χ4n) is 2.00. The van der Waals surface area contributed by atoms with E-state index in [-0.39, 0.29) is 6.61 Å². The summed E-state index contributed by atoms with van der Waals surface area (Å²) in [6.07, 6.45) is 14.5. The molecule has 0 unspecified atom stereocenters. The van der Waals surface area contributed by atoms with Crippen molar-refractivity contribution in [1.29, 1.82) is 0 Å². The van der Waals surface area contributed by atoms with Crippen molar-refractivity contribution in [2.75, 3.05) is 13.2 Å². The van der Waals surface area contributed by atoms with Crippen LogP contribution in [-0.4, -0.2) is 29.2 Å². The minimum absolute atomic E-state index is 0.00227. The molecule has 0 aromatic rings. The number of hydrogen-bond donors (Lipinski definition) is 2. The first-order valence-corrected chi connectivity index (χ1v) is 7.69. The minimum Gasteiger partial charge on any atom is -0.376 e. The zero-order chi connectivity index (χ0) is 14.4. The standard InChI is InChI=1S/C16H32O3/c1-3-4-5-6-7-8-9-10-11-12-13-14-19-15-16(2,17)18/h3,17-18H,1,4-15H2,2H3. The van der Waals surface area contributed by atoms with E-state index in [1.54, 1.807) is 0 Å². The van der Waals surface area contributed by atoms with Gasteiger partial charge in [0.15, 0.2) is 5.79 Å². The minimum atomic E-state index is -1.69. The van der Waals surface area contributed by atoms with Gasteiger partial charge in [-0.05, 0) is 26.2 Å². The summed E-state index contributed by atoms with van der Waals surface area (Å²) >= 11 is 0. The van der Waals surface area contributed by atoms with Crippen LogP contribution >= 0.6 is 0 Å². The van der Waals surface area contributed by atoms with Gasteiger partial charge in [0.05, 0.1) is 6.61 Å². The lowest BCUT2D eigenvalue weighted by atomic mass is 10.1. The second kappa shape index (κ2) is 12.6. The van der Waals surface area contributed by atoms with E-state index in [1.807, 2.05) is 6.08 Å². The molecule has 0 saturated carbocycles. The van der Waals surface area contributed by atoms with Crippen molar-refractivity contribution in [3.05, 3.63) is 12.7 Å². The zero-order valence-electron chi connectivity index (χ0n) is 12.6. The summed E-state index contributed by atoms with van der Waals surface area (Å²) in [5.41, 5.74) is 0. The van der Waals surface area contributed by atoms with Crippen molar-refractivity contribution in [2.45, 2.75) is 76.9 Å². The lowest BCUT2D eigenvalue weighted by molar-refractivity contribution is -0.183. The Hall–Kier alpha value is -0.380. The Kier molecular flexibility index (Phi) is 12.4. The van der Waals surface area contributed by atoms with E-state index in [9.17, 15) is 0 Å². The fourth-order valence-corrected chi connectivity index (χ4v) is 2.00. The molecule has 0 atom stereocenters. The number of ether oxygens (including phenoxy) is 1. The Morgan fingerprint density at radius 1 is 0.895 bits per heavy atom. The van der Waals surface area contributed by atoms with Gasteiger partial charge in [0.1, 0.15) is 0 Å². The Morgan fingerprint density at radius 3 is 1.84 bits per heavy atom. The summed E-state index contributed by atoms with van der Waals surface area (Å²) in [5, 5.41) is 18.0. The molecule has 0 heterocycles. The van der Waals surface area contributed by atoms with Gasteiger partial charge < -0.3 is 14.9 Å². The molecule has 3 heteroatoms. The molecule has 0 radical (unpaired) electrons.